The highest BCUT2D eigenvalue weighted by Gasteiger charge is 2.27. The summed E-state index contributed by atoms with van der Waals surface area (Å²) in [4.78, 5) is 31.6. The second kappa shape index (κ2) is 12.3. The number of amides is 1. The van der Waals surface area contributed by atoms with Crippen molar-refractivity contribution in [2.45, 2.75) is 44.6 Å². The van der Waals surface area contributed by atoms with Crippen molar-refractivity contribution in [2.75, 3.05) is 26.3 Å². The van der Waals surface area contributed by atoms with Crippen LogP contribution in [-0.2, 0) is 20.9 Å². The summed E-state index contributed by atoms with van der Waals surface area (Å²) < 4.78 is 21.9. The number of carboxylic acids is 1. The summed E-state index contributed by atoms with van der Waals surface area (Å²) in [6, 6.07) is 18.5. The van der Waals surface area contributed by atoms with Gasteiger partial charge in [0, 0.05) is 35.8 Å². The number of carbonyl (C=O) groups is 2. The third kappa shape index (κ3) is 5.85. The molecule has 3 heterocycles. The molecule has 1 saturated heterocycles. The van der Waals surface area contributed by atoms with E-state index in [1.807, 2.05) is 33.7 Å². The quantitative estimate of drug-likeness (QED) is 0.257. The molecule has 1 aliphatic carbocycles. The van der Waals surface area contributed by atoms with Crippen LogP contribution in [0.4, 0.5) is 4.39 Å². The number of benzene rings is 2. The molecule has 4 aromatic rings. The van der Waals surface area contributed by atoms with Gasteiger partial charge in [0.1, 0.15) is 12.4 Å². The van der Waals surface area contributed by atoms with Crippen molar-refractivity contribution < 1.29 is 23.8 Å². The van der Waals surface area contributed by atoms with Crippen LogP contribution in [0.5, 0.6) is 0 Å². The second-order valence-electron chi connectivity index (χ2n) is 11.0. The van der Waals surface area contributed by atoms with Crippen LogP contribution in [-0.4, -0.2) is 57.7 Å². The standard InChI is InChI=1S/C34H34FN3O4/c35-29-9-5-4-8-27(29)31-14-10-24-20-25(11-13-30(24)36-31)34-28(23-6-2-1-3-7-23)21-26(12-15-33(40)41)38(34)22-32(39)37-16-18-42-19-17-37/h4-5,8-15,20-21,23H,1-3,6-7,16-19,22H2,(H,40,41)/b15-12+. The van der Waals surface area contributed by atoms with Crippen molar-refractivity contribution in [2.24, 2.45) is 0 Å². The Balaban J connectivity index is 1.47. The predicted octanol–water partition coefficient (Wildman–Crippen LogP) is 6.51. The molecule has 216 valence electrons. The lowest BCUT2D eigenvalue weighted by Gasteiger charge is -2.28. The molecule has 2 aromatic carbocycles. The van der Waals surface area contributed by atoms with E-state index in [1.54, 1.807) is 24.3 Å². The van der Waals surface area contributed by atoms with Gasteiger partial charge in [-0.15, -0.1) is 0 Å². The molecular formula is C34H34FN3O4. The number of halogens is 1. The predicted molar refractivity (Wildman–Crippen MR) is 160 cm³/mol. The first-order valence-electron chi connectivity index (χ1n) is 14.6. The van der Waals surface area contributed by atoms with E-state index in [-0.39, 0.29) is 18.3 Å². The summed E-state index contributed by atoms with van der Waals surface area (Å²) in [5.41, 5.74) is 5.48. The molecule has 2 fully saturated rings. The van der Waals surface area contributed by atoms with Crippen molar-refractivity contribution >= 4 is 28.9 Å². The van der Waals surface area contributed by atoms with E-state index in [0.29, 0.717) is 49.2 Å². The minimum atomic E-state index is -1.04. The average molecular weight is 568 g/mol. The zero-order chi connectivity index (χ0) is 29.1. The third-order valence-corrected chi connectivity index (χ3v) is 8.37. The van der Waals surface area contributed by atoms with Crippen LogP contribution in [0.3, 0.4) is 0 Å². The van der Waals surface area contributed by atoms with E-state index in [0.717, 1.165) is 59.5 Å². The number of pyridine rings is 1. The first kappa shape index (κ1) is 27.8. The molecule has 1 aliphatic heterocycles. The Hall–Kier alpha value is -4.30. The molecule has 0 bridgehead atoms. The number of rotatable bonds is 7. The number of fused-ring (bicyclic) bond motifs is 1. The van der Waals surface area contributed by atoms with Gasteiger partial charge in [-0.25, -0.2) is 14.2 Å². The van der Waals surface area contributed by atoms with Crippen LogP contribution >= 0.6 is 0 Å². The van der Waals surface area contributed by atoms with Crippen LogP contribution in [0.1, 0.15) is 49.3 Å². The van der Waals surface area contributed by atoms with Crippen LogP contribution in [0.2, 0.25) is 0 Å². The Labute approximate surface area is 244 Å². The molecule has 1 amide bonds. The topological polar surface area (TPSA) is 84.7 Å². The zero-order valence-corrected chi connectivity index (χ0v) is 23.5. The Bertz CT molecular complexity index is 1650. The maximum atomic E-state index is 14.5. The Kier molecular flexibility index (Phi) is 8.15. The van der Waals surface area contributed by atoms with Gasteiger partial charge in [0.2, 0.25) is 5.91 Å². The van der Waals surface area contributed by atoms with Crippen molar-refractivity contribution in [3.05, 3.63) is 83.8 Å². The van der Waals surface area contributed by atoms with Crippen molar-refractivity contribution in [3.8, 4) is 22.5 Å². The fourth-order valence-electron chi connectivity index (χ4n) is 6.24. The molecule has 0 spiro atoms. The summed E-state index contributed by atoms with van der Waals surface area (Å²) in [5, 5.41) is 10.3. The van der Waals surface area contributed by atoms with Gasteiger partial charge in [0.05, 0.1) is 30.1 Å². The summed E-state index contributed by atoms with van der Waals surface area (Å²) in [6.45, 7) is 2.20. The molecule has 42 heavy (non-hydrogen) atoms. The van der Waals surface area contributed by atoms with Gasteiger partial charge in [0.25, 0.3) is 0 Å². The Morgan fingerprint density at radius 2 is 1.79 bits per heavy atom. The zero-order valence-electron chi connectivity index (χ0n) is 23.5. The molecule has 0 atom stereocenters. The normalized spacial score (nSPS) is 16.4. The highest BCUT2D eigenvalue weighted by Crippen LogP contribution is 2.41. The summed E-state index contributed by atoms with van der Waals surface area (Å²) in [5.74, 6) is -1.05. The number of carbonyl (C=O) groups excluding carboxylic acids is 1. The summed E-state index contributed by atoms with van der Waals surface area (Å²) in [6.07, 6.45) is 8.32. The lowest BCUT2D eigenvalue weighted by atomic mass is 9.83. The monoisotopic (exact) mass is 567 g/mol. The second-order valence-corrected chi connectivity index (χ2v) is 11.0. The van der Waals surface area contributed by atoms with E-state index >= 15 is 0 Å². The number of aromatic nitrogens is 2. The molecular weight excluding hydrogens is 533 g/mol. The Morgan fingerprint density at radius 1 is 1.00 bits per heavy atom. The molecule has 1 N–H and O–H groups in total. The van der Waals surface area contributed by atoms with Crippen LogP contribution in [0, 0.1) is 5.82 Å². The number of carboxylic acid groups (broad SMARTS) is 1. The molecule has 8 heteroatoms. The lowest BCUT2D eigenvalue weighted by molar-refractivity contribution is -0.136. The van der Waals surface area contributed by atoms with Crippen molar-refractivity contribution in [1.82, 2.24) is 14.5 Å². The number of hydrogen-bond donors (Lipinski definition) is 1. The molecule has 1 saturated carbocycles. The number of ether oxygens (including phenoxy) is 1. The number of hydrogen-bond acceptors (Lipinski definition) is 4. The molecule has 6 rings (SSSR count). The van der Waals surface area contributed by atoms with E-state index in [1.165, 1.54) is 12.5 Å². The summed E-state index contributed by atoms with van der Waals surface area (Å²) in [7, 11) is 0. The maximum Gasteiger partial charge on any atom is 0.328 e. The molecule has 2 aromatic heterocycles. The van der Waals surface area contributed by atoms with E-state index in [4.69, 9.17) is 9.72 Å². The van der Waals surface area contributed by atoms with Gasteiger partial charge in [-0.1, -0.05) is 43.5 Å². The van der Waals surface area contributed by atoms with Crippen LogP contribution in [0.15, 0.2) is 66.7 Å². The van der Waals surface area contributed by atoms with Crippen LogP contribution < -0.4 is 0 Å². The molecule has 0 radical (unpaired) electrons. The lowest BCUT2D eigenvalue weighted by Crippen LogP contribution is -2.42. The van der Waals surface area contributed by atoms with Crippen molar-refractivity contribution in [3.63, 3.8) is 0 Å². The summed E-state index contributed by atoms with van der Waals surface area (Å²) >= 11 is 0. The molecule has 2 aliphatic rings. The SMILES string of the molecule is O=C(O)/C=C/c1cc(C2CCCCC2)c(-c2ccc3nc(-c4ccccc4F)ccc3c2)n1CC(=O)N1CCOCC1. The van der Waals surface area contributed by atoms with Gasteiger partial charge in [-0.05, 0) is 72.4 Å². The first-order valence-corrected chi connectivity index (χ1v) is 14.6. The maximum absolute atomic E-state index is 14.5. The van der Waals surface area contributed by atoms with Gasteiger partial charge in [-0.3, -0.25) is 4.79 Å². The van der Waals surface area contributed by atoms with Crippen LogP contribution in [0.25, 0.3) is 39.5 Å². The Morgan fingerprint density at radius 3 is 2.55 bits per heavy atom. The number of nitrogens with zero attached hydrogens (tertiary/aromatic N) is 3. The van der Waals surface area contributed by atoms with Gasteiger partial charge in [-0.2, -0.15) is 0 Å². The molecule has 0 unspecified atom stereocenters. The smallest absolute Gasteiger partial charge is 0.328 e. The van der Waals surface area contributed by atoms with Gasteiger partial charge in [0.15, 0.2) is 0 Å². The first-order chi connectivity index (χ1) is 20.5. The van der Waals surface area contributed by atoms with Gasteiger partial charge < -0.3 is 19.3 Å². The van der Waals surface area contributed by atoms with Crippen molar-refractivity contribution in [1.29, 1.82) is 0 Å². The third-order valence-electron chi connectivity index (χ3n) is 8.37. The van der Waals surface area contributed by atoms with E-state index in [9.17, 15) is 19.1 Å². The van der Waals surface area contributed by atoms with E-state index in [2.05, 4.69) is 12.1 Å². The minimum Gasteiger partial charge on any atom is -0.478 e. The average Bonchev–Trinajstić information content (AvgIpc) is 3.38. The largest absolute Gasteiger partial charge is 0.478 e. The highest BCUT2D eigenvalue weighted by atomic mass is 19.1. The fraction of sp³-hybridized carbons (Fsp3) is 0.324. The van der Waals surface area contributed by atoms with E-state index < -0.39 is 5.97 Å². The fourth-order valence-corrected chi connectivity index (χ4v) is 6.24. The number of morpholine rings is 1. The minimum absolute atomic E-state index is 0.0210. The molecule has 7 nitrogen and oxygen atoms in total. The van der Waals surface area contributed by atoms with Gasteiger partial charge >= 0.3 is 5.97 Å². The number of aliphatic carboxylic acids is 1. The highest BCUT2D eigenvalue weighted by molar-refractivity contribution is 5.89.